The van der Waals surface area contributed by atoms with Crippen molar-refractivity contribution in [2.45, 2.75) is 5.75 Å². The van der Waals surface area contributed by atoms with Gasteiger partial charge in [-0.05, 0) is 17.5 Å². The van der Waals surface area contributed by atoms with Crippen LogP contribution in [0.2, 0.25) is 0 Å². The van der Waals surface area contributed by atoms with Crippen LogP contribution in [-0.2, 0) is 5.75 Å². The first-order chi connectivity index (χ1) is 6.45. The monoisotopic (exact) mass is 190 g/mol. The number of imidazole rings is 1. The zero-order chi connectivity index (χ0) is 8.93. The van der Waals surface area contributed by atoms with Crippen LogP contribution < -0.4 is 0 Å². The van der Waals surface area contributed by atoms with Gasteiger partial charge in [0.15, 0.2) is 0 Å². The Labute approximate surface area is 81.8 Å². The molecule has 2 rings (SSSR count). The standard InChI is InChI=1S/C10H10N2S/c1-2-4-10(5-3-1)8-13-12-7-6-11-9-12/h1-7,9H,8H2. The Morgan fingerprint density at radius 2 is 2.08 bits per heavy atom. The van der Waals surface area contributed by atoms with Crippen molar-refractivity contribution < 1.29 is 0 Å². The molecular weight excluding hydrogens is 180 g/mol. The summed E-state index contributed by atoms with van der Waals surface area (Å²) in [5.74, 6) is 0.983. The van der Waals surface area contributed by atoms with E-state index in [0.29, 0.717) is 0 Å². The van der Waals surface area contributed by atoms with E-state index in [1.165, 1.54) is 5.56 Å². The zero-order valence-corrected chi connectivity index (χ0v) is 7.95. The summed E-state index contributed by atoms with van der Waals surface area (Å²) in [6.07, 6.45) is 5.55. The second-order valence-corrected chi connectivity index (χ2v) is 3.65. The summed E-state index contributed by atoms with van der Waals surface area (Å²) in [5.41, 5.74) is 1.33. The summed E-state index contributed by atoms with van der Waals surface area (Å²) in [7, 11) is 0. The van der Waals surface area contributed by atoms with Crippen LogP contribution in [-0.4, -0.2) is 8.96 Å². The average Bonchev–Trinajstić information content (AvgIpc) is 2.69. The van der Waals surface area contributed by atoms with E-state index < -0.39 is 0 Å². The first-order valence-electron chi connectivity index (χ1n) is 4.10. The molecule has 0 radical (unpaired) electrons. The van der Waals surface area contributed by atoms with Crippen molar-refractivity contribution in [3.63, 3.8) is 0 Å². The van der Waals surface area contributed by atoms with E-state index in [9.17, 15) is 0 Å². The van der Waals surface area contributed by atoms with Crippen LogP contribution in [0.5, 0.6) is 0 Å². The largest absolute Gasteiger partial charge is 0.280 e. The third-order valence-electron chi connectivity index (χ3n) is 1.70. The molecule has 2 aromatic rings. The summed E-state index contributed by atoms with van der Waals surface area (Å²) in [6, 6.07) is 10.4. The SMILES string of the molecule is c1ccc(CSn2ccnc2)cc1. The Morgan fingerprint density at radius 3 is 2.77 bits per heavy atom. The van der Waals surface area contributed by atoms with Crippen LogP contribution in [0, 0.1) is 0 Å². The molecule has 3 heteroatoms. The molecule has 1 aromatic heterocycles. The predicted octanol–water partition coefficient (Wildman–Crippen LogP) is 2.58. The molecule has 0 aliphatic heterocycles. The van der Waals surface area contributed by atoms with E-state index in [0.717, 1.165) is 5.75 Å². The fourth-order valence-corrected chi connectivity index (χ4v) is 1.80. The van der Waals surface area contributed by atoms with Crippen LogP contribution in [0.1, 0.15) is 5.56 Å². The molecule has 0 spiro atoms. The van der Waals surface area contributed by atoms with E-state index in [4.69, 9.17) is 0 Å². The van der Waals surface area contributed by atoms with Gasteiger partial charge in [0.05, 0.1) is 0 Å². The van der Waals surface area contributed by atoms with Gasteiger partial charge >= 0.3 is 0 Å². The first-order valence-corrected chi connectivity index (χ1v) is 5.04. The third-order valence-corrected chi connectivity index (χ3v) is 2.68. The molecule has 66 valence electrons. The highest BCUT2D eigenvalue weighted by Crippen LogP contribution is 2.13. The molecule has 0 unspecified atom stereocenters. The molecule has 2 nitrogen and oxygen atoms in total. The van der Waals surface area contributed by atoms with Crippen molar-refractivity contribution >= 4 is 11.9 Å². The Morgan fingerprint density at radius 1 is 1.23 bits per heavy atom. The quantitative estimate of drug-likeness (QED) is 0.740. The van der Waals surface area contributed by atoms with Crippen molar-refractivity contribution in [2.75, 3.05) is 0 Å². The summed E-state index contributed by atoms with van der Waals surface area (Å²) < 4.78 is 2.01. The highest BCUT2D eigenvalue weighted by Gasteiger charge is 1.92. The predicted molar refractivity (Wildman–Crippen MR) is 55.4 cm³/mol. The molecule has 0 N–H and O–H groups in total. The lowest BCUT2D eigenvalue weighted by Crippen LogP contribution is -1.84. The van der Waals surface area contributed by atoms with Crippen LogP contribution in [0.15, 0.2) is 49.1 Å². The number of aromatic nitrogens is 2. The molecule has 1 heterocycles. The minimum atomic E-state index is 0.983. The Hall–Kier alpha value is -1.22. The molecule has 0 amide bonds. The van der Waals surface area contributed by atoms with Crippen LogP contribution >= 0.6 is 11.9 Å². The van der Waals surface area contributed by atoms with Crippen molar-refractivity contribution in [2.24, 2.45) is 0 Å². The lowest BCUT2D eigenvalue weighted by molar-refractivity contribution is 1.22. The van der Waals surface area contributed by atoms with Gasteiger partial charge in [-0.1, -0.05) is 30.3 Å². The van der Waals surface area contributed by atoms with Gasteiger partial charge in [0.1, 0.15) is 6.33 Å². The summed E-state index contributed by atoms with van der Waals surface area (Å²) in [4.78, 5) is 3.98. The van der Waals surface area contributed by atoms with Crippen molar-refractivity contribution in [3.05, 3.63) is 54.6 Å². The van der Waals surface area contributed by atoms with Crippen LogP contribution in [0.25, 0.3) is 0 Å². The van der Waals surface area contributed by atoms with Crippen molar-refractivity contribution in [1.29, 1.82) is 0 Å². The molecule has 0 fully saturated rings. The summed E-state index contributed by atoms with van der Waals surface area (Å²) in [5, 5.41) is 0. The molecule has 0 atom stereocenters. The van der Waals surface area contributed by atoms with E-state index in [-0.39, 0.29) is 0 Å². The normalized spacial score (nSPS) is 10.2. The summed E-state index contributed by atoms with van der Waals surface area (Å²) >= 11 is 1.73. The van der Waals surface area contributed by atoms with E-state index in [2.05, 4.69) is 29.2 Å². The average molecular weight is 190 g/mol. The second-order valence-electron chi connectivity index (χ2n) is 2.68. The van der Waals surface area contributed by atoms with Crippen molar-refractivity contribution in [3.8, 4) is 0 Å². The van der Waals surface area contributed by atoms with Gasteiger partial charge < -0.3 is 0 Å². The van der Waals surface area contributed by atoms with E-state index >= 15 is 0 Å². The Balaban J connectivity index is 1.94. The van der Waals surface area contributed by atoms with Crippen LogP contribution in [0.4, 0.5) is 0 Å². The second kappa shape index (κ2) is 4.14. The van der Waals surface area contributed by atoms with Crippen molar-refractivity contribution in [1.82, 2.24) is 8.96 Å². The zero-order valence-electron chi connectivity index (χ0n) is 7.13. The molecule has 0 aliphatic carbocycles. The molecule has 0 saturated heterocycles. The minimum absolute atomic E-state index is 0.983. The minimum Gasteiger partial charge on any atom is -0.280 e. The van der Waals surface area contributed by atoms with Gasteiger partial charge in [0.2, 0.25) is 0 Å². The number of hydrogen-bond donors (Lipinski definition) is 0. The molecule has 0 bridgehead atoms. The maximum Gasteiger partial charge on any atom is 0.105 e. The Kier molecular flexibility index (Phi) is 2.67. The fraction of sp³-hybridized carbons (Fsp3) is 0.100. The van der Waals surface area contributed by atoms with Gasteiger partial charge in [-0.25, -0.2) is 4.98 Å². The molecule has 13 heavy (non-hydrogen) atoms. The van der Waals surface area contributed by atoms with Gasteiger partial charge in [-0.2, -0.15) is 0 Å². The molecule has 0 aliphatic rings. The number of benzene rings is 1. The van der Waals surface area contributed by atoms with Gasteiger partial charge in [0, 0.05) is 18.1 Å². The number of hydrogen-bond acceptors (Lipinski definition) is 2. The van der Waals surface area contributed by atoms with Gasteiger partial charge in [-0.15, -0.1) is 0 Å². The van der Waals surface area contributed by atoms with E-state index in [1.54, 1.807) is 18.1 Å². The maximum atomic E-state index is 3.98. The van der Waals surface area contributed by atoms with E-state index in [1.807, 2.05) is 22.6 Å². The lowest BCUT2D eigenvalue weighted by Gasteiger charge is -2.00. The third kappa shape index (κ3) is 2.36. The lowest BCUT2D eigenvalue weighted by atomic mass is 10.2. The molecule has 1 aromatic carbocycles. The molecule has 0 saturated carbocycles. The maximum absolute atomic E-state index is 3.98. The summed E-state index contributed by atoms with van der Waals surface area (Å²) in [6.45, 7) is 0. The highest BCUT2D eigenvalue weighted by atomic mass is 32.2. The number of nitrogens with zero attached hydrogens (tertiary/aromatic N) is 2. The topological polar surface area (TPSA) is 17.8 Å². The molecular formula is C10H10N2S. The number of rotatable bonds is 3. The fourth-order valence-electron chi connectivity index (χ4n) is 1.05. The highest BCUT2D eigenvalue weighted by molar-refractivity contribution is 7.97. The smallest absolute Gasteiger partial charge is 0.105 e. The van der Waals surface area contributed by atoms with Gasteiger partial charge in [-0.3, -0.25) is 3.97 Å². The Bertz CT molecular complexity index is 342. The van der Waals surface area contributed by atoms with Gasteiger partial charge in [0.25, 0.3) is 0 Å². The van der Waals surface area contributed by atoms with Crippen LogP contribution in [0.3, 0.4) is 0 Å². The first kappa shape index (κ1) is 8.38.